The van der Waals surface area contributed by atoms with E-state index in [9.17, 15) is 0 Å². The van der Waals surface area contributed by atoms with E-state index in [0.717, 1.165) is 17.7 Å². The topological polar surface area (TPSA) is 36.9 Å². The zero-order valence-corrected chi connectivity index (χ0v) is 13.1. The molecule has 0 saturated carbocycles. The summed E-state index contributed by atoms with van der Waals surface area (Å²) in [5.74, 6) is 0.898. The molecular weight excluding hydrogens is 280 g/mol. The molecule has 0 aromatic heterocycles. The van der Waals surface area contributed by atoms with Gasteiger partial charge in [-0.1, -0.05) is 36.4 Å². The number of rotatable bonds is 11. The van der Waals surface area contributed by atoms with Crippen molar-refractivity contribution >= 4 is 10.8 Å². The highest BCUT2D eigenvalue weighted by molar-refractivity contribution is 5.88. The van der Waals surface area contributed by atoms with E-state index in [4.69, 9.17) is 18.9 Å². The minimum atomic E-state index is 0.535. The first-order valence-electron chi connectivity index (χ1n) is 7.75. The first-order valence-corrected chi connectivity index (χ1v) is 7.75. The quantitative estimate of drug-likeness (QED) is 0.597. The van der Waals surface area contributed by atoms with Gasteiger partial charge in [0.25, 0.3) is 0 Å². The second-order valence-corrected chi connectivity index (χ2v) is 4.75. The summed E-state index contributed by atoms with van der Waals surface area (Å²) in [6.07, 6.45) is 0. The summed E-state index contributed by atoms with van der Waals surface area (Å²) in [5, 5.41) is 2.31. The minimum Gasteiger partial charge on any atom is -0.491 e. The number of hydrogen-bond acceptors (Lipinski definition) is 4. The van der Waals surface area contributed by atoms with Crippen LogP contribution in [0.1, 0.15) is 6.92 Å². The maximum atomic E-state index is 5.79. The Morgan fingerprint density at radius 3 is 2.09 bits per heavy atom. The number of fused-ring (bicyclic) bond motifs is 1. The molecule has 0 unspecified atom stereocenters. The maximum absolute atomic E-state index is 5.79. The third kappa shape index (κ3) is 5.64. The molecular formula is C18H24O4. The van der Waals surface area contributed by atoms with Crippen LogP contribution in [0, 0.1) is 0 Å². The first-order chi connectivity index (χ1) is 10.9. The molecule has 0 aliphatic rings. The Balaban J connectivity index is 1.59. The van der Waals surface area contributed by atoms with E-state index in [1.54, 1.807) is 0 Å². The van der Waals surface area contributed by atoms with Gasteiger partial charge in [0.15, 0.2) is 0 Å². The Bertz CT molecular complexity index is 536. The van der Waals surface area contributed by atoms with Gasteiger partial charge in [-0.2, -0.15) is 0 Å². The number of hydrogen-bond donors (Lipinski definition) is 0. The predicted octanol–water partition coefficient (Wildman–Crippen LogP) is 3.29. The van der Waals surface area contributed by atoms with Crippen molar-refractivity contribution in [2.45, 2.75) is 6.92 Å². The van der Waals surface area contributed by atoms with E-state index in [2.05, 4.69) is 18.2 Å². The Morgan fingerprint density at radius 2 is 1.32 bits per heavy atom. The second kappa shape index (κ2) is 10.2. The molecule has 0 heterocycles. The average Bonchev–Trinajstić information content (AvgIpc) is 2.56. The molecule has 22 heavy (non-hydrogen) atoms. The van der Waals surface area contributed by atoms with Crippen LogP contribution in [0.3, 0.4) is 0 Å². The smallest absolute Gasteiger partial charge is 0.127 e. The van der Waals surface area contributed by atoms with Crippen molar-refractivity contribution < 1.29 is 18.9 Å². The Kier molecular flexibility index (Phi) is 7.74. The molecule has 0 atom stereocenters. The Hall–Kier alpha value is -1.62. The van der Waals surface area contributed by atoms with Crippen molar-refractivity contribution in [3.63, 3.8) is 0 Å². The molecule has 0 amide bonds. The Labute approximate surface area is 131 Å². The molecule has 0 bridgehead atoms. The highest BCUT2D eigenvalue weighted by Crippen LogP contribution is 2.24. The van der Waals surface area contributed by atoms with E-state index in [-0.39, 0.29) is 0 Å². The van der Waals surface area contributed by atoms with Gasteiger partial charge < -0.3 is 18.9 Å². The van der Waals surface area contributed by atoms with Crippen molar-refractivity contribution in [2.75, 3.05) is 46.2 Å². The molecule has 120 valence electrons. The molecule has 0 N–H and O–H groups in total. The molecule has 0 spiro atoms. The SMILES string of the molecule is CCOCCOCCOCCOc1cccc2ccccc12. The lowest BCUT2D eigenvalue weighted by Gasteiger charge is -2.10. The zero-order valence-electron chi connectivity index (χ0n) is 13.1. The predicted molar refractivity (Wildman–Crippen MR) is 87.6 cm³/mol. The summed E-state index contributed by atoms with van der Waals surface area (Å²) in [7, 11) is 0. The lowest BCUT2D eigenvalue weighted by Crippen LogP contribution is -2.12. The summed E-state index contributed by atoms with van der Waals surface area (Å²) in [6, 6.07) is 14.3. The van der Waals surface area contributed by atoms with Crippen LogP contribution in [-0.4, -0.2) is 46.2 Å². The largest absolute Gasteiger partial charge is 0.491 e. The van der Waals surface area contributed by atoms with E-state index in [1.165, 1.54) is 5.39 Å². The van der Waals surface area contributed by atoms with E-state index in [1.807, 2.05) is 31.2 Å². The van der Waals surface area contributed by atoms with Gasteiger partial charge in [-0.25, -0.2) is 0 Å². The summed E-state index contributed by atoms with van der Waals surface area (Å²) < 4.78 is 21.8. The highest BCUT2D eigenvalue weighted by atomic mass is 16.6. The summed E-state index contributed by atoms with van der Waals surface area (Å²) in [4.78, 5) is 0. The van der Waals surface area contributed by atoms with Crippen molar-refractivity contribution in [1.82, 2.24) is 0 Å². The Morgan fingerprint density at radius 1 is 0.682 bits per heavy atom. The van der Waals surface area contributed by atoms with Gasteiger partial charge in [0, 0.05) is 12.0 Å². The van der Waals surface area contributed by atoms with Crippen LogP contribution in [0.5, 0.6) is 5.75 Å². The standard InChI is InChI=1S/C18H24O4/c1-2-19-10-11-20-12-13-21-14-15-22-18-9-5-7-16-6-3-4-8-17(16)18/h3-9H,2,10-15H2,1H3. The first kappa shape index (κ1) is 16.7. The highest BCUT2D eigenvalue weighted by Gasteiger charge is 2.00. The van der Waals surface area contributed by atoms with Gasteiger partial charge >= 0.3 is 0 Å². The van der Waals surface area contributed by atoms with Crippen LogP contribution in [-0.2, 0) is 14.2 Å². The number of ether oxygens (including phenoxy) is 4. The minimum absolute atomic E-state index is 0.535. The summed E-state index contributed by atoms with van der Waals surface area (Å²) in [5.41, 5.74) is 0. The van der Waals surface area contributed by atoms with Gasteiger partial charge in [0.1, 0.15) is 12.4 Å². The number of benzene rings is 2. The fourth-order valence-electron chi connectivity index (χ4n) is 2.12. The molecule has 0 saturated heterocycles. The van der Waals surface area contributed by atoms with Crippen molar-refractivity contribution in [1.29, 1.82) is 0 Å². The van der Waals surface area contributed by atoms with Crippen molar-refractivity contribution in [2.24, 2.45) is 0 Å². The van der Waals surface area contributed by atoms with Crippen LogP contribution < -0.4 is 4.74 Å². The summed E-state index contributed by atoms with van der Waals surface area (Å²) >= 11 is 0. The van der Waals surface area contributed by atoms with Gasteiger partial charge in [0.05, 0.1) is 33.0 Å². The molecule has 2 aromatic carbocycles. The molecule has 2 rings (SSSR count). The van der Waals surface area contributed by atoms with Gasteiger partial charge in [-0.05, 0) is 18.4 Å². The third-order valence-electron chi connectivity index (χ3n) is 3.18. The van der Waals surface area contributed by atoms with Crippen molar-refractivity contribution in [3.05, 3.63) is 42.5 Å². The van der Waals surface area contributed by atoms with Crippen LogP contribution in [0.4, 0.5) is 0 Å². The van der Waals surface area contributed by atoms with E-state index >= 15 is 0 Å². The molecule has 4 heteroatoms. The second-order valence-electron chi connectivity index (χ2n) is 4.75. The summed E-state index contributed by atoms with van der Waals surface area (Å²) in [6.45, 7) is 6.20. The average molecular weight is 304 g/mol. The van der Waals surface area contributed by atoms with Gasteiger partial charge in [-0.3, -0.25) is 0 Å². The van der Waals surface area contributed by atoms with Crippen LogP contribution in [0.25, 0.3) is 10.8 Å². The van der Waals surface area contributed by atoms with Crippen molar-refractivity contribution in [3.8, 4) is 5.75 Å². The van der Waals surface area contributed by atoms with Gasteiger partial charge in [-0.15, -0.1) is 0 Å². The lowest BCUT2D eigenvalue weighted by atomic mass is 10.1. The fourth-order valence-corrected chi connectivity index (χ4v) is 2.12. The van der Waals surface area contributed by atoms with E-state index < -0.39 is 0 Å². The normalized spacial score (nSPS) is 11.0. The van der Waals surface area contributed by atoms with Crippen LogP contribution in [0.2, 0.25) is 0 Å². The third-order valence-corrected chi connectivity index (χ3v) is 3.18. The van der Waals surface area contributed by atoms with Gasteiger partial charge in [0.2, 0.25) is 0 Å². The molecule has 0 fully saturated rings. The zero-order chi connectivity index (χ0) is 15.5. The molecule has 0 aliphatic carbocycles. The van der Waals surface area contributed by atoms with E-state index in [0.29, 0.717) is 39.6 Å². The lowest BCUT2D eigenvalue weighted by molar-refractivity contribution is 0.0115. The molecule has 0 aliphatic heterocycles. The monoisotopic (exact) mass is 304 g/mol. The molecule has 2 aromatic rings. The fraction of sp³-hybridized carbons (Fsp3) is 0.444. The molecule has 0 radical (unpaired) electrons. The van der Waals surface area contributed by atoms with Crippen LogP contribution >= 0.6 is 0 Å². The van der Waals surface area contributed by atoms with Crippen LogP contribution in [0.15, 0.2) is 42.5 Å². The molecule has 4 nitrogen and oxygen atoms in total. The maximum Gasteiger partial charge on any atom is 0.127 e.